The van der Waals surface area contributed by atoms with Crippen molar-refractivity contribution in [2.75, 3.05) is 20.7 Å². The summed E-state index contributed by atoms with van der Waals surface area (Å²) in [4.78, 5) is 14.2. The minimum absolute atomic E-state index is 0.0624. The van der Waals surface area contributed by atoms with Crippen molar-refractivity contribution in [3.05, 3.63) is 17.5 Å². The molecule has 0 saturated carbocycles. The van der Waals surface area contributed by atoms with Gasteiger partial charge in [0.05, 0.1) is 24.5 Å². The maximum atomic E-state index is 12.0. The van der Waals surface area contributed by atoms with E-state index in [1.54, 1.807) is 7.11 Å². The van der Waals surface area contributed by atoms with E-state index in [2.05, 4.69) is 20.4 Å². The van der Waals surface area contributed by atoms with E-state index in [1.165, 1.54) is 0 Å². The second-order valence-electron chi connectivity index (χ2n) is 5.58. The van der Waals surface area contributed by atoms with E-state index >= 15 is 0 Å². The first kappa shape index (κ1) is 15.9. The third-order valence-electron chi connectivity index (χ3n) is 4.13. The Hall–Kier alpha value is -1.44. The number of hydrogen-bond donors (Lipinski definition) is 3. The second kappa shape index (κ2) is 7.53. The van der Waals surface area contributed by atoms with Gasteiger partial charge < -0.3 is 15.8 Å². The molecule has 0 spiro atoms. The highest BCUT2D eigenvalue weighted by Gasteiger charge is 2.30. The van der Waals surface area contributed by atoms with Gasteiger partial charge in [-0.3, -0.25) is 14.8 Å². The average molecular weight is 295 g/mol. The number of likely N-dealkylation sites (N-methyl/N-ethyl adjacent to an activating group) is 1. The van der Waals surface area contributed by atoms with E-state index in [4.69, 9.17) is 10.5 Å². The van der Waals surface area contributed by atoms with E-state index < -0.39 is 0 Å². The predicted molar refractivity (Wildman–Crippen MR) is 79.4 cm³/mol. The molecule has 0 aromatic carbocycles. The van der Waals surface area contributed by atoms with E-state index in [0.717, 1.165) is 24.2 Å². The fraction of sp³-hybridized carbons (Fsp3) is 0.714. The molecule has 118 valence electrons. The van der Waals surface area contributed by atoms with Gasteiger partial charge in [0, 0.05) is 32.2 Å². The fourth-order valence-electron chi connectivity index (χ4n) is 2.82. The molecule has 0 aliphatic carbocycles. The molecule has 0 unspecified atom stereocenters. The van der Waals surface area contributed by atoms with Crippen molar-refractivity contribution in [2.24, 2.45) is 5.73 Å². The minimum Gasteiger partial charge on any atom is -0.378 e. The molecule has 0 bridgehead atoms. The number of methoxy groups -OCH3 is 1. The molecule has 0 radical (unpaired) electrons. The molecule has 21 heavy (non-hydrogen) atoms. The Labute approximate surface area is 125 Å². The molecule has 1 aromatic heterocycles. The number of hydrogen-bond acceptors (Lipinski definition) is 5. The quantitative estimate of drug-likeness (QED) is 0.657. The number of aromatic amines is 1. The van der Waals surface area contributed by atoms with Crippen LogP contribution in [-0.2, 0) is 22.7 Å². The molecule has 1 aromatic rings. The molecular weight excluding hydrogens is 270 g/mol. The van der Waals surface area contributed by atoms with Gasteiger partial charge in [-0.1, -0.05) is 0 Å². The summed E-state index contributed by atoms with van der Waals surface area (Å²) in [5.74, 6) is 0.0624. The second-order valence-corrected chi connectivity index (χ2v) is 5.58. The van der Waals surface area contributed by atoms with E-state index in [0.29, 0.717) is 38.2 Å². The molecule has 1 amide bonds. The molecular formula is C14H25N5O2. The lowest BCUT2D eigenvalue weighted by Gasteiger charge is -2.24. The normalized spacial score (nSPS) is 22.6. The van der Waals surface area contributed by atoms with Gasteiger partial charge in [-0.05, 0) is 26.0 Å². The highest BCUT2D eigenvalue weighted by atomic mass is 16.5. The van der Waals surface area contributed by atoms with Crippen LogP contribution in [0.25, 0.3) is 0 Å². The largest absolute Gasteiger partial charge is 0.378 e. The SMILES string of the molecule is COCc1cc(CNC(=O)C[C@@H]2CC[C@H](CN)N2C)[nH]n1. The third-order valence-corrected chi connectivity index (χ3v) is 4.13. The lowest BCUT2D eigenvalue weighted by atomic mass is 10.1. The Bertz CT molecular complexity index is 462. The Morgan fingerprint density at radius 1 is 1.57 bits per heavy atom. The number of likely N-dealkylation sites (tertiary alicyclic amines) is 1. The standard InChI is InChI=1S/C14H25N5O2/c1-19-12(3-4-13(19)7-15)6-14(20)16-8-10-5-11(9-21-2)18-17-10/h5,12-13H,3-4,6-9,15H2,1-2H3,(H,16,20)(H,17,18)/t12-,13+/m0/s1. The highest BCUT2D eigenvalue weighted by molar-refractivity contribution is 5.76. The Balaban J connectivity index is 1.74. The van der Waals surface area contributed by atoms with Gasteiger partial charge in [0.2, 0.25) is 5.91 Å². The molecule has 2 atom stereocenters. The smallest absolute Gasteiger partial charge is 0.221 e. The monoisotopic (exact) mass is 295 g/mol. The van der Waals surface area contributed by atoms with Crippen LogP contribution in [0.15, 0.2) is 6.07 Å². The summed E-state index contributed by atoms with van der Waals surface area (Å²) in [6.07, 6.45) is 2.63. The molecule has 1 aliphatic rings. The topological polar surface area (TPSA) is 96.3 Å². The van der Waals surface area contributed by atoms with Crippen LogP contribution in [0.1, 0.15) is 30.7 Å². The summed E-state index contributed by atoms with van der Waals surface area (Å²) in [5.41, 5.74) is 7.44. The number of aromatic nitrogens is 2. The van der Waals surface area contributed by atoms with Crippen molar-refractivity contribution in [3.8, 4) is 0 Å². The van der Waals surface area contributed by atoms with Crippen molar-refractivity contribution in [2.45, 2.75) is 44.5 Å². The number of carbonyl (C=O) groups excluding carboxylic acids is 1. The number of rotatable bonds is 7. The maximum absolute atomic E-state index is 12.0. The number of carbonyl (C=O) groups is 1. The Morgan fingerprint density at radius 3 is 3.00 bits per heavy atom. The molecule has 1 fully saturated rings. The van der Waals surface area contributed by atoms with Crippen LogP contribution in [-0.4, -0.2) is 53.8 Å². The molecule has 2 heterocycles. The van der Waals surface area contributed by atoms with Crippen molar-refractivity contribution in [1.82, 2.24) is 20.4 Å². The molecule has 7 heteroatoms. The number of ether oxygens (including phenoxy) is 1. The van der Waals surface area contributed by atoms with E-state index in [-0.39, 0.29) is 5.91 Å². The summed E-state index contributed by atoms with van der Waals surface area (Å²) in [6.45, 7) is 1.59. The van der Waals surface area contributed by atoms with E-state index in [9.17, 15) is 4.79 Å². The third kappa shape index (κ3) is 4.26. The molecule has 1 saturated heterocycles. The van der Waals surface area contributed by atoms with Crippen molar-refractivity contribution in [1.29, 1.82) is 0 Å². The summed E-state index contributed by atoms with van der Waals surface area (Å²) >= 11 is 0. The molecule has 2 rings (SSSR count). The zero-order valence-corrected chi connectivity index (χ0v) is 12.8. The number of H-pyrrole nitrogens is 1. The van der Waals surface area contributed by atoms with Crippen molar-refractivity contribution >= 4 is 5.91 Å². The van der Waals surface area contributed by atoms with Crippen LogP contribution in [0.4, 0.5) is 0 Å². The lowest BCUT2D eigenvalue weighted by molar-refractivity contribution is -0.122. The molecule has 7 nitrogen and oxygen atoms in total. The first-order chi connectivity index (χ1) is 10.1. The van der Waals surface area contributed by atoms with Gasteiger partial charge in [-0.2, -0.15) is 5.10 Å². The van der Waals surface area contributed by atoms with Crippen molar-refractivity contribution in [3.63, 3.8) is 0 Å². The Kier molecular flexibility index (Phi) is 5.72. The summed E-state index contributed by atoms with van der Waals surface area (Å²) < 4.78 is 5.00. The number of nitrogens with two attached hydrogens (primary N) is 1. The summed E-state index contributed by atoms with van der Waals surface area (Å²) in [6, 6.07) is 2.60. The minimum atomic E-state index is 0.0624. The van der Waals surface area contributed by atoms with Crippen LogP contribution in [0, 0.1) is 0 Å². The zero-order valence-electron chi connectivity index (χ0n) is 12.8. The van der Waals surface area contributed by atoms with Gasteiger partial charge in [0.1, 0.15) is 0 Å². The van der Waals surface area contributed by atoms with Gasteiger partial charge in [0.15, 0.2) is 0 Å². The van der Waals surface area contributed by atoms with Crippen LogP contribution in [0.2, 0.25) is 0 Å². The van der Waals surface area contributed by atoms with Crippen LogP contribution >= 0.6 is 0 Å². The number of amides is 1. The maximum Gasteiger partial charge on any atom is 0.221 e. The molecule has 1 aliphatic heterocycles. The Morgan fingerprint density at radius 2 is 2.33 bits per heavy atom. The fourth-order valence-corrected chi connectivity index (χ4v) is 2.82. The summed E-state index contributed by atoms with van der Waals surface area (Å²) in [7, 11) is 3.68. The molecule has 4 N–H and O–H groups in total. The highest BCUT2D eigenvalue weighted by Crippen LogP contribution is 2.23. The van der Waals surface area contributed by atoms with Crippen LogP contribution in [0.3, 0.4) is 0 Å². The number of nitrogens with one attached hydrogen (secondary N) is 2. The van der Waals surface area contributed by atoms with Crippen molar-refractivity contribution < 1.29 is 9.53 Å². The first-order valence-corrected chi connectivity index (χ1v) is 7.34. The van der Waals surface area contributed by atoms with Crippen LogP contribution < -0.4 is 11.1 Å². The van der Waals surface area contributed by atoms with E-state index in [1.807, 2.05) is 13.1 Å². The lowest BCUT2D eigenvalue weighted by Crippen LogP contribution is -2.39. The zero-order chi connectivity index (χ0) is 15.2. The summed E-state index contributed by atoms with van der Waals surface area (Å²) in [5, 5.41) is 9.92. The number of nitrogens with zero attached hydrogens (tertiary/aromatic N) is 2. The van der Waals surface area contributed by atoms with Crippen LogP contribution in [0.5, 0.6) is 0 Å². The van der Waals surface area contributed by atoms with Gasteiger partial charge in [0.25, 0.3) is 0 Å². The van der Waals surface area contributed by atoms with Gasteiger partial charge >= 0.3 is 0 Å². The van der Waals surface area contributed by atoms with Gasteiger partial charge in [-0.25, -0.2) is 0 Å². The first-order valence-electron chi connectivity index (χ1n) is 7.34. The average Bonchev–Trinajstić information content (AvgIpc) is 3.05. The van der Waals surface area contributed by atoms with Gasteiger partial charge in [-0.15, -0.1) is 0 Å². The predicted octanol–water partition coefficient (Wildman–Crippen LogP) is -0.0161.